The van der Waals surface area contributed by atoms with Crippen molar-refractivity contribution in [3.05, 3.63) is 10.0 Å². The number of hydrogen-bond acceptors (Lipinski definition) is 6. The third kappa shape index (κ3) is 4.40. The van der Waals surface area contributed by atoms with Gasteiger partial charge in [-0.2, -0.15) is 0 Å². The summed E-state index contributed by atoms with van der Waals surface area (Å²) in [6, 6.07) is 0. The monoisotopic (exact) mass is 251 g/mol. The highest BCUT2D eigenvalue weighted by molar-refractivity contribution is 7.10. The van der Waals surface area contributed by atoms with E-state index in [1.165, 1.54) is 11.5 Å². The van der Waals surface area contributed by atoms with Gasteiger partial charge in [-0.15, -0.1) is 5.10 Å². The number of likely N-dealkylation sites (N-methyl/N-ethyl adjacent to an activating group) is 1. The molecule has 1 aromatic heterocycles. The van der Waals surface area contributed by atoms with E-state index in [-0.39, 0.29) is 0 Å². The predicted molar refractivity (Wildman–Crippen MR) is 59.1 cm³/mol. The minimum atomic E-state index is -0.495. The van der Waals surface area contributed by atoms with Gasteiger partial charge in [0, 0.05) is 31.7 Å². The van der Waals surface area contributed by atoms with E-state index in [1.807, 2.05) is 11.9 Å². The van der Waals surface area contributed by atoms with E-state index in [1.54, 1.807) is 7.11 Å². The van der Waals surface area contributed by atoms with Crippen molar-refractivity contribution >= 4 is 23.1 Å². The lowest BCUT2D eigenvalue weighted by molar-refractivity contribution is 0.0416. The molecule has 1 rings (SSSR count). The van der Waals surface area contributed by atoms with Gasteiger partial charge in [0.2, 0.25) is 0 Å². The Hall–Kier alpha value is -0.270. The second-order valence-corrected chi connectivity index (χ2v) is 4.66. The normalized spacial score (nSPS) is 13.4. The average molecular weight is 252 g/mol. The lowest BCUT2D eigenvalue weighted by Gasteiger charge is -2.18. The van der Waals surface area contributed by atoms with Crippen molar-refractivity contribution in [2.45, 2.75) is 12.6 Å². The second kappa shape index (κ2) is 6.34. The first-order valence-corrected chi connectivity index (χ1v) is 5.61. The smallest absolute Gasteiger partial charge is 0.138 e. The Kier molecular flexibility index (Phi) is 5.41. The molecule has 0 aromatic carbocycles. The summed E-state index contributed by atoms with van der Waals surface area (Å²) in [5.41, 5.74) is 0.744. The van der Waals surface area contributed by atoms with Gasteiger partial charge in [0.05, 0.1) is 12.7 Å². The third-order valence-corrected chi connectivity index (χ3v) is 2.79. The van der Waals surface area contributed by atoms with E-state index in [0.29, 0.717) is 24.0 Å². The summed E-state index contributed by atoms with van der Waals surface area (Å²) in [4.78, 5) is 1.92. The number of aromatic nitrogens is 2. The third-order valence-electron chi connectivity index (χ3n) is 1.81. The largest absolute Gasteiger partial charge is 0.389 e. The van der Waals surface area contributed by atoms with Crippen LogP contribution in [0.2, 0.25) is 4.34 Å². The summed E-state index contributed by atoms with van der Waals surface area (Å²) in [5, 5.41) is 13.4. The summed E-state index contributed by atoms with van der Waals surface area (Å²) in [6.07, 6.45) is -0.495. The molecule has 1 N–H and O–H groups in total. The van der Waals surface area contributed by atoms with Gasteiger partial charge in [-0.1, -0.05) is 16.1 Å². The van der Waals surface area contributed by atoms with E-state index in [0.717, 1.165) is 5.69 Å². The molecule has 0 fully saturated rings. The lowest BCUT2D eigenvalue weighted by atomic mass is 10.3. The lowest BCUT2D eigenvalue weighted by Crippen LogP contribution is -2.31. The maximum atomic E-state index is 9.48. The van der Waals surface area contributed by atoms with Gasteiger partial charge in [-0.25, -0.2) is 0 Å². The van der Waals surface area contributed by atoms with Crippen LogP contribution < -0.4 is 0 Å². The molecule has 1 unspecified atom stereocenters. The van der Waals surface area contributed by atoms with Crippen LogP contribution in [0.15, 0.2) is 0 Å². The molecule has 15 heavy (non-hydrogen) atoms. The quantitative estimate of drug-likeness (QED) is 0.804. The van der Waals surface area contributed by atoms with Crippen molar-refractivity contribution in [3.63, 3.8) is 0 Å². The number of nitrogens with zero attached hydrogens (tertiary/aromatic N) is 3. The zero-order chi connectivity index (χ0) is 11.3. The van der Waals surface area contributed by atoms with Crippen molar-refractivity contribution < 1.29 is 9.84 Å². The molecule has 0 spiro atoms. The molecule has 86 valence electrons. The Labute approximate surface area is 97.8 Å². The Balaban J connectivity index is 2.36. The maximum absolute atomic E-state index is 9.48. The number of aliphatic hydroxyl groups is 1. The van der Waals surface area contributed by atoms with Gasteiger partial charge < -0.3 is 9.84 Å². The van der Waals surface area contributed by atoms with Crippen LogP contribution in [0.25, 0.3) is 0 Å². The van der Waals surface area contributed by atoms with Crippen molar-refractivity contribution in [2.75, 3.05) is 27.3 Å². The minimum absolute atomic E-state index is 0.327. The summed E-state index contributed by atoms with van der Waals surface area (Å²) < 4.78 is 9.17. The molecule has 0 radical (unpaired) electrons. The first-order valence-electron chi connectivity index (χ1n) is 4.45. The first kappa shape index (κ1) is 12.8. The molecule has 1 aromatic rings. The van der Waals surface area contributed by atoms with Gasteiger partial charge in [0.1, 0.15) is 10.0 Å². The number of halogens is 1. The molecule has 0 amide bonds. The van der Waals surface area contributed by atoms with Gasteiger partial charge in [0.25, 0.3) is 0 Å². The SMILES string of the molecule is COCC(O)CN(C)Cc1nnsc1Cl. The number of rotatable bonds is 6. The van der Waals surface area contributed by atoms with Crippen LogP contribution in [-0.2, 0) is 11.3 Å². The van der Waals surface area contributed by atoms with E-state index in [9.17, 15) is 5.11 Å². The standard InChI is InChI=1S/C8H14ClN3O2S/c1-12(3-6(13)5-14-2)4-7-8(9)15-11-10-7/h6,13H,3-5H2,1-2H3. The zero-order valence-electron chi connectivity index (χ0n) is 8.68. The Morgan fingerprint density at radius 1 is 1.67 bits per heavy atom. The van der Waals surface area contributed by atoms with Crippen LogP contribution in [0.4, 0.5) is 0 Å². The summed E-state index contributed by atoms with van der Waals surface area (Å²) in [5.74, 6) is 0. The van der Waals surface area contributed by atoms with Gasteiger partial charge in [0.15, 0.2) is 0 Å². The molecular weight excluding hydrogens is 238 g/mol. The van der Waals surface area contributed by atoms with E-state index in [4.69, 9.17) is 16.3 Å². The van der Waals surface area contributed by atoms with Crippen molar-refractivity contribution in [1.82, 2.24) is 14.5 Å². The maximum Gasteiger partial charge on any atom is 0.138 e. The molecule has 5 nitrogen and oxygen atoms in total. The number of hydrogen-bond donors (Lipinski definition) is 1. The highest BCUT2D eigenvalue weighted by atomic mass is 35.5. The van der Waals surface area contributed by atoms with Gasteiger partial charge in [-0.3, -0.25) is 4.90 Å². The fourth-order valence-electron chi connectivity index (χ4n) is 1.22. The minimum Gasteiger partial charge on any atom is -0.389 e. The van der Waals surface area contributed by atoms with Crippen molar-refractivity contribution in [3.8, 4) is 0 Å². The summed E-state index contributed by atoms with van der Waals surface area (Å²) >= 11 is 7.03. The van der Waals surface area contributed by atoms with E-state index < -0.39 is 6.10 Å². The molecule has 0 saturated heterocycles. The zero-order valence-corrected chi connectivity index (χ0v) is 10.3. The molecule has 0 aliphatic rings. The highest BCUT2D eigenvalue weighted by Gasteiger charge is 2.12. The van der Waals surface area contributed by atoms with Crippen LogP contribution in [0.1, 0.15) is 5.69 Å². The van der Waals surface area contributed by atoms with E-state index >= 15 is 0 Å². The first-order chi connectivity index (χ1) is 7.13. The Morgan fingerprint density at radius 2 is 2.40 bits per heavy atom. The Morgan fingerprint density at radius 3 is 2.93 bits per heavy atom. The fourth-order valence-corrected chi connectivity index (χ4v) is 1.83. The van der Waals surface area contributed by atoms with Crippen LogP contribution in [0.3, 0.4) is 0 Å². The van der Waals surface area contributed by atoms with Crippen molar-refractivity contribution in [1.29, 1.82) is 0 Å². The topological polar surface area (TPSA) is 58.5 Å². The molecule has 7 heteroatoms. The molecule has 0 bridgehead atoms. The van der Waals surface area contributed by atoms with Crippen LogP contribution in [-0.4, -0.2) is 53.0 Å². The molecular formula is C8H14ClN3O2S. The van der Waals surface area contributed by atoms with Gasteiger partial charge >= 0.3 is 0 Å². The van der Waals surface area contributed by atoms with E-state index in [2.05, 4.69) is 9.59 Å². The number of aliphatic hydroxyl groups excluding tert-OH is 1. The van der Waals surface area contributed by atoms with Crippen LogP contribution in [0.5, 0.6) is 0 Å². The summed E-state index contributed by atoms with van der Waals surface area (Å²) in [6.45, 7) is 1.42. The molecule has 0 saturated carbocycles. The molecule has 0 aliphatic carbocycles. The molecule has 0 aliphatic heterocycles. The van der Waals surface area contributed by atoms with Gasteiger partial charge in [-0.05, 0) is 7.05 Å². The van der Waals surface area contributed by atoms with Crippen LogP contribution >= 0.6 is 23.1 Å². The second-order valence-electron chi connectivity index (χ2n) is 3.30. The molecule has 1 heterocycles. The van der Waals surface area contributed by atoms with Crippen LogP contribution in [0, 0.1) is 0 Å². The summed E-state index contributed by atoms with van der Waals surface area (Å²) in [7, 11) is 3.44. The average Bonchev–Trinajstić information content (AvgIpc) is 2.52. The highest BCUT2D eigenvalue weighted by Crippen LogP contribution is 2.18. The predicted octanol–water partition coefficient (Wildman–Crippen LogP) is 0.631. The number of ether oxygens (including phenoxy) is 1. The number of methoxy groups -OCH3 is 1. The molecule has 1 atom stereocenters. The Bertz CT molecular complexity index is 297. The fraction of sp³-hybridized carbons (Fsp3) is 0.750. The van der Waals surface area contributed by atoms with Crippen molar-refractivity contribution in [2.24, 2.45) is 0 Å².